The molecule has 0 amide bonds. The molecule has 1 atom stereocenters. The lowest BCUT2D eigenvalue weighted by molar-refractivity contribution is 0.261. The minimum atomic E-state index is 0.344. The van der Waals surface area contributed by atoms with Crippen LogP contribution in [0, 0.1) is 6.92 Å². The maximum atomic E-state index is 5.86. The van der Waals surface area contributed by atoms with Crippen LogP contribution < -0.4 is 9.47 Å². The van der Waals surface area contributed by atoms with Gasteiger partial charge in [-0.25, -0.2) is 0 Å². The molecule has 2 rings (SSSR count). The van der Waals surface area contributed by atoms with Gasteiger partial charge >= 0.3 is 0 Å². The molecule has 0 bridgehead atoms. The second-order valence-corrected chi connectivity index (χ2v) is 4.64. The van der Waals surface area contributed by atoms with Crippen LogP contribution in [-0.4, -0.2) is 17.1 Å². The molecule has 0 aliphatic carbocycles. The summed E-state index contributed by atoms with van der Waals surface area (Å²) >= 11 is 2.37. The summed E-state index contributed by atoms with van der Waals surface area (Å²) in [6.45, 7) is 4.80. The largest absolute Gasteiger partial charge is 0.494 e. The number of hydrogen-bond donors (Lipinski definition) is 0. The molecular formula is C12H15IO2. The van der Waals surface area contributed by atoms with E-state index >= 15 is 0 Å². The fourth-order valence-corrected chi connectivity index (χ4v) is 2.41. The number of halogens is 1. The van der Waals surface area contributed by atoms with Gasteiger partial charge in [0.25, 0.3) is 0 Å². The van der Waals surface area contributed by atoms with Gasteiger partial charge in [-0.3, -0.25) is 0 Å². The number of ether oxygens (including phenoxy) is 2. The molecule has 0 radical (unpaired) electrons. The molecular weight excluding hydrogens is 303 g/mol. The van der Waals surface area contributed by atoms with E-state index in [0.717, 1.165) is 29.0 Å². The Kier molecular flexibility index (Phi) is 3.38. The second kappa shape index (κ2) is 4.60. The molecule has 2 nitrogen and oxygen atoms in total. The smallest absolute Gasteiger partial charge is 0.126 e. The summed E-state index contributed by atoms with van der Waals surface area (Å²) in [6, 6.07) is 4.16. The maximum Gasteiger partial charge on any atom is 0.126 e. The van der Waals surface area contributed by atoms with Gasteiger partial charge < -0.3 is 9.47 Å². The van der Waals surface area contributed by atoms with Crippen molar-refractivity contribution in [2.45, 2.75) is 26.4 Å². The van der Waals surface area contributed by atoms with Crippen LogP contribution in [0.1, 0.15) is 18.1 Å². The van der Waals surface area contributed by atoms with Crippen molar-refractivity contribution in [1.29, 1.82) is 0 Å². The highest BCUT2D eigenvalue weighted by Crippen LogP contribution is 2.36. The Morgan fingerprint density at radius 3 is 3.00 bits per heavy atom. The van der Waals surface area contributed by atoms with Crippen LogP contribution >= 0.6 is 22.6 Å². The van der Waals surface area contributed by atoms with E-state index in [1.54, 1.807) is 0 Å². The van der Waals surface area contributed by atoms with Crippen LogP contribution in [0.2, 0.25) is 0 Å². The van der Waals surface area contributed by atoms with Crippen LogP contribution in [0.25, 0.3) is 0 Å². The first-order valence-corrected chi connectivity index (χ1v) is 6.76. The van der Waals surface area contributed by atoms with E-state index < -0.39 is 0 Å². The monoisotopic (exact) mass is 318 g/mol. The number of benzene rings is 1. The summed E-state index contributed by atoms with van der Waals surface area (Å²) in [5.41, 5.74) is 2.48. The topological polar surface area (TPSA) is 18.5 Å². The quantitative estimate of drug-likeness (QED) is 0.630. The Labute approximate surface area is 104 Å². The number of rotatable bonds is 3. The third-order valence-electron chi connectivity index (χ3n) is 2.54. The predicted molar refractivity (Wildman–Crippen MR) is 69.4 cm³/mol. The summed E-state index contributed by atoms with van der Waals surface area (Å²) in [5, 5.41) is 0. The zero-order valence-electron chi connectivity index (χ0n) is 9.05. The second-order valence-electron chi connectivity index (χ2n) is 3.76. The van der Waals surface area contributed by atoms with Crippen molar-refractivity contribution < 1.29 is 9.47 Å². The van der Waals surface area contributed by atoms with Gasteiger partial charge in [0.05, 0.1) is 6.61 Å². The van der Waals surface area contributed by atoms with Gasteiger partial charge in [0, 0.05) is 16.4 Å². The molecule has 1 aromatic carbocycles. The first kappa shape index (κ1) is 11.0. The lowest BCUT2D eigenvalue weighted by atomic mass is 10.1. The SMILES string of the molecule is CCOc1cc(C)c2c(c1)CC(CI)O2. The molecule has 1 aliphatic rings. The van der Waals surface area contributed by atoms with E-state index in [-0.39, 0.29) is 0 Å². The standard InChI is InChI=1S/C12H15IO2/c1-3-14-10-4-8(2)12-9(5-10)6-11(7-13)15-12/h4-5,11H,3,6-7H2,1-2H3. The highest BCUT2D eigenvalue weighted by Gasteiger charge is 2.24. The van der Waals surface area contributed by atoms with Crippen molar-refractivity contribution in [3.05, 3.63) is 23.3 Å². The molecule has 1 heterocycles. The van der Waals surface area contributed by atoms with E-state index in [9.17, 15) is 0 Å². The normalized spacial score (nSPS) is 18.5. The van der Waals surface area contributed by atoms with Gasteiger partial charge in [-0.1, -0.05) is 22.6 Å². The van der Waals surface area contributed by atoms with Crippen molar-refractivity contribution in [2.75, 3.05) is 11.0 Å². The third-order valence-corrected chi connectivity index (χ3v) is 3.52. The van der Waals surface area contributed by atoms with Crippen molar-refractivity contribution >= 4 is 22.6 Å². The number of aryl methyl sites for hydroxylation is 1. The molecule has 0 aromatic heterocycles. The molecule has 1 aromatic rings. The van der Waals surface area contributed by atoms with Crippen molar-refractivity contribution in [3.63, 3.8) is 0 Å². The predicted octanol–water partition coefficient (Wildman–Crippen LogP) is 3.13. The van der Waals surface area contributed by atoms with E-state index in [2.05, 4.69) is 41.6 Å². The summed E-state index contributed by atoms with van der Waals surface area (Å²) in [4.78, 5) is 0. The molecule has 0 fully saturated rings. The fraction of sp³-hybridized carbons (Fsp3) is 0.500. The molecule has 0 N–H and O–H groups in total. The molecule has 1 aliphatic heterocycles. The molecule has 0 spiro atoms. The van der Waals surface area contributed by atoms with E-state index in [1.165, 1.54) is 11.1 Å². The first-order valence-electron chi connectivity index (χ1n) is 5.23. The van der Waals surface area contributed by atoms with Crippen LogP contribution in [0.4, 0.5) is 0 Å². The van der Waals surface area contributed by atoms with Gasteiger partial charge in [-0.15, -0.1) is 0 Å². The van der Waals surface area contributed by atoms with Gasteiger partial charge in [0.15, 0.2) is 0 Å². The average Bonchev–Trinajstić information content (AvgIpc) is 2.62. The van der Waals surface area contributed by atoms with Crippen LogP contribution in [0.5, 0.6) is 11.5 Å². The third kappa shape index (κ3) is 2.22. The van der Waals surface area contributed by atoms with Gasteiger partial charge in [0.2, 0.25) is 0 Å². The lowest BCUT2D eigenvalue weighted by Crippen LogP contribution is -2.13. The molecule has 0 saturated heterocycles. The zero-order chi connectivity index (χ0) is 10.8. The number of hydrogen-bond acceptors (Lipinski definition) is 2. The average molecular weight is 318 g/mol. The molecule has 0 saturated carbocycles. The molecule has 1 unspecified atom stereocenters. The summed E-state index contributed by atoms with van der Waals surface area (Å²) in [7, 11) is 0. The maximum absolute atomic E-state index is 5.86. The van der Waals surface area contributed by atoms with E-state index in [4.69, 9.17) is 9.47 Å². The summed E-state index contributed by atoms with van der Waals surface area (Å²) < 4.78 is 12.4. The number of fused-ring (bicyclic) bond motifs is 1. The highest BCUT2D eigenvalue weighted by atomic mass is 127. The Bertz CT molecular complexity index is 363. The summed E-state index contributed by atoms with van der Waals surface area (Å²) in [5.74, 6) is 2.03. The van der Waals surface area contributed by atoms with E-state index in [1.807, 2.05) is 6.92 Å². The minimum absolute atomic E-state index is 0.344. The highest BCUT2D eigenvalue weighted by molar-refractivity contribution is 14.1. The number of alkyl halides is 1. The zero-order valence-corrected chi connectivity index (χ0v) is 11.2. The Hall–Kier alpha value is -0.450. The van der Waals surface area contributed by atoms with Gasteiger partial charge in [-0.05, 0) is 31.5 Å². The Balaban J connectivity index is 2.29. The van der Waals surface area contributed by atoms with E-state index in [0.29, 0.717) is 6.10 Å². The van der Waals surface area contributed by atoms with Gasteiger partial charge in [0.1, 0.15) is 17.6 Å². The lowest BCUT2D eigenvalue weighted by Gasteiger charge is -2.09. The van der Waals surface area contributed by atoms with Crippen LogP contribution in [0.3, 0.4) is 0 Å². The summed E-state index contributed by atoms with van der Waals surface area (Å²) in [6.07, 6.45) is 1.36. The molecule has 15 heavy (non-hydrogen) atoms. The fourth-order valence-electron chi connectivity index (χ4n) is 1.92. The van der Waals surface area contributed by atoms with Crippen LogP contribution in [-0.2, 0) is 6.42 Å². The van der Waals surface area contributed by atoms with Crippen LogP contribution in [0.15, 0.2) is 12.1 Å². The minimum Gasteiger partial charge on any atom is -0.494 e. The molecule has 3 heteroatoms. The van der Waals surface area contributed by atoms with Crippen molar-refractivity contribution in [1.82, 2.24) is 0 Å². The Morgan fingerprint density at radius 2 is 2.33 bits per heavy atom. The van der Waals surface area contributed by atoms with Crippen molar-refractivity contribution in [2.24, 2.45) is 0 Å². The Morgan fingerprint density at radius 1 is 1.53 bits per heavy atom. The van der Waals surface area contributed by atoms with Gasteiger partial charge in [-0.2, -0.15) is 0 Å². The molecule has 82 valence electrons. The van der Waals surface area contributed by atoms with Crippen molar-refractivity contribution in [3.8, 4) is 11.5 Å². The first-order chi connectivity index (χ1) is 7.24.